The van der Waals surface area contributed by atoms with Crippen LogP contribution in [0.3, 0.4) is 0 Å². The van der Waals surface area contributed by atoms with Crippen molar-refractivity contribution in [3.63, 3.8) is 0 Å². The van der Waals surface area contributed by atoms with Crippen molar-refractivity contribution in [2.24, 2.45) is 0 Å². The molecule has 0 aliphatic carbocycles. The van der Waals surface area contributed by atoms with Crippen LogP contribution >= 0.6 is 0 Å². The first-order chi connectivity index (χ1) is 11.2. The Labute approximate surface area is 135 Å². The number of amides is 1. The second kappa shape index (κ2) is 7.18. The number of para-hydroxylation sites is 1. The van der Waals surface area contributed by atoms with Crippen molar-refractivity contribution in [3.8, 4) is 0 Å². The molecular formula is C19H22N2O2. The molecule has 0 aliphatic rings. The van der Waals surface area contributed by atoms with Crippen LogP contribution in [0, 0.1) is 0 Å². The number of rotatable bonds is 7. The van der Waals surface area contributed by atoms with Gasteiger partial charge in [-0.3, -0.25) is 4.79 Å². The minimum atomic E-state index is 0.0993. The van der Waals surface area contributed by atoms with E-state index in [1.165, 1.54) is 10.9 Å². The standard InChI is InChI=1S/C19H22N2O2/c1-14(8-10-16-5-4-12-23-16)21-19(22)11-9-15-13-20-18-7-3-2-6-17(15)18/h2-7,12-14,20H,8-11H2,1H3,(H,21,22)/t14-/m0/s1. The van der Waals surface area contributed by atoms with Crippen molar-refractivity contribution in [1.29, 1.82) is 0 Å². The Hall–Kier alpha value is -2.49. The van der Waals surface area contributed by atoms with Crippen LogP contribution < -0.4 is 5.32 Å². The van der Waals surface area contributed by atoms with Crippen molar-refractivity contribution in [1.82, 2.24) is 10.3 Å². The van der Waals surface area contributed by atoms with Gasteiger partial charge in [-0.2, -0.15) is 0 Å². The lowest BCUT2D eigenvalue weighted by Gasteiger charge is -2.13. The van der Waals surface area contributed by atoms with E-state index < -0.39 is 0 Å². The number of carbonyl (C=O) groups is 1. The molecule has 4 heteroatoms. The summed E-state index contributed by atoms with van der Waals surface area (Å²) in [5, 5.41) is 4.26. The highest BCUT2D eigenvalue weighted by molar-refractivity contribution is 5.84. The molecule has 1 atom stereocenters. The summed E-state index contributed by atoms with van der Waals surface area (Å²) < 4.78 is 5.31. The van der Waals surface area contributed by atoms with Crippen molar-refractivity contribution in [3.05, 3.63) is 60.2 Å². The number of nitrogens with one attached hydrogen (secondary N) is 2. The molecule has 0 aliphatic heterocycles. The molecule has 3 aromatic rings. The second-order valence-electron chi connectivity index (χ2n) is 5.95. The number of benzene rings is 1. The lowest BCUT2D eigenvalue weighted by atomic mass is 10.1. The molecule has 2 aromatic heterocycles. The Morgan fingerprint density at radius 1 is 1.22 bits per heavy atom. The molecule has 0 unspecified atom stereocenters. The average molecular weight is 310 g/mol. The lowest BCUT2D eigenvalue weighted by molar-refractivity contribution is -0.121. The van der Waals surface area contributed by atoms with Crippen LogP contribution in [0.5, 0.6) is 0 Å². The fourth-order valence-corrected chi connectivity index (χ4v) is 2.82. The first kappa shape index (κ1) is 15.4. The molecule has 0 saturated heterocycles. The van der Waals surface area contributed by atoms with Gasteiger partial charge in [0.15, 0.2) is 0 Å². The molecule has 0 bridgehead atoms. The Bertz CT molecular complexity index is 759. The second-order valence-corrected chi connectivity index (χ2v) is 5.95. The van der Waals surface area contributed by atoms with Gasteiger partial charge in [0.2, 0.25) is 5.91 Å². The van der Waals surface area contributed by atoms with E-state index in [0.717, 1.165) is 30.5 Å². The SMILES string of the molecule is C[C@@H](CCc1ccco1)NC(=O)CCc1c[nH]c2ccccc12. The van der Waals surface area contributed by atoms with Gasteiger partial charge in [-0.15, -0.1) is 0 Å². The molecule has 1 aromatic carbocycles. The zero-order valence-electron chi connectivity index (χ0n) is 13.3. The third-order valence-electron chi connectivity index (χ3n) is 4.11. The Morgan fingerprint density at radius 3 is 2.91 bits per heavy atom. The van der Waals surface area contributed by atoms with Crippen molar-refractivity contribution < 1.29 is 9.21 Å². The third kappa shape index (κ3) is 4.03. The number of aryl methyl sites for hydroxylation is 2. The summed E-state index contributed by atoms with van der Waals surface area (Å²) in [6, 6.07) is 12.2. The highest BCUT2D eigenvalue weighted by Gasteiger charge is 2.10. The fourth-order valence-electron chi connectivity index (χ4n) is 2.82. The quantitative estimate of drug-likeness (QED) is 0.697. The van der Waals surface area contributed by atoms with E-state index in [-0.39, 0.29) is 11.9 Å². The van der Waals surface area contributed by atoms with Crippen LogP contribution in [0.4, 0.5) is 0 Å². The van der Waals surface area contributed by atoms with E-state index in [9.17, 15) is 4.79 Å². The third-order valence-corrected chi connectivity index (χ3v) is 4.11. The maximum absolute atomic E-state index is 12.1. The largest absolute Gasteiger partial charge is 0.469 e. The minimum Gasteiger partial charge on any atom is -0.469 e. The van der Waals surface area contributed by atoms with Crippen LogP contribution in [-0.4, -0.2) is 16.9 Å². The Morgan fingerprint density at radius 2 is 2.09 bits per heavy atom. The number of H-pyrrole nitrogens is 1. The number of furan rings is 1. The van der Waals surface area contributed by atoms with Crippen LogP contribution in [0.2, 0.25) is 0 Å². The van der Waals surface area contributed by atoms with E-state index in [0.29, 0.717) is 6.42 Å². The van der Waals surface area contributed by atoms with Crippen LogP contribution in [0.25, 0.3) is 10.9 Å². The molecule has 0 fully saturated rings. The molecule has 2 N–H and O–H groups in total. The molecule has 1 amide bonds. The number of carbonyl (C=O) groups excluding carboxylic acids is 1. The smallest absolute Gasteiger partial charge is 0.220 e. The first-order valence-corrected chi connectivity index (χ1v) is 8.09. The topological polar surface area (TPSA) is 58.0 Å². The molecule has 23 heavy (non-hydrogen) atoms. The number of hydrogen-bond donors (Lipinski definition) is 2. The van der Waals surface area contributed by atoms with Gasteiger partial charge in [0.05, 0.1) is 6.26 Å². The summed E-state index contributed by atoms with van der Waals surface area (Å²) >= 11 is 0. The Kier molecular flexibility index (Phi) is 4.81. The molecule has 3 rings (SSSR count). The number of fused-ring (bicyclic) bond motifs is 1. The number of hydrogen-bond acceptors (Lipinski definition) is 2. The predicted molar refractivity (Wildman–Crippen MR) is 91.3 cm³/mol. The van der Waals surface area contributed by atoms with Gasteiger partial charge in [0, 0.05) is 36.0 Å². The van der Waals surface area contributed by atoms with Crippen molar-refractivity contribution in [2.45, 2.75) is 38.6 Å². The van der Waals surface area contributed by atoms with Gasteiger partial charge in [-0.1, -0.05) is 18.2 Å². The van der Waals surface area contributed by atoms with Gasteiger partial charge in [0.1, 0.15) is 5.76 Å². The van der Waals surface area contributed by atoms with Gasteiger partial charge in [-0.05, 0) is 43.5 Å². The van der Waals surface area contributed by atoms with Gasteiger partial charge < -0.3 is 14.7 Å². The van der Waals surface area contributed by atoms with E-state index >= 15 is 0 Å². The maximum Gasteiger partial charge on any atom is 0.220 e. The highest BCUT2D eigenvalue weighted by Crippen LogP contribution is 2.18. The molecule has 0 radical (unpaired) electrons. The summed E-state index contributed by atoms with van der Waals surface area (Å²) in [6.07, 6.45) is 6.66. The summed E-state index contributed by atoms with van der Waals surface area (Å²) in [7, 11) is 0. The fraction of sp³-hybridized carbons (Fsp3) is 0.316. The minimum absolute atomic E-state index is 0.0993. The highest BCUT2D eigenvalue weighted by atomic mass is 16.3. The predicted octanol–water partition coefficient (Wildman–Crippen LogP) is 3.83. The van der Waals surface area contributed by atoms with Gasteiger partial charge >= 0.3 is 0 Å². The van der Waals surface area contributed by atoms with Crippen LogP contribution in [-0.2, 0) is 17.6 Å². The van der Waals surface area contributed by atoms with Gasteiger partial charge in [0.25, 0.3) is 0 Å². The number of aromatic nitrogens is 1. The first-order valence-electron chi connectivity index (χ1n) is 8.09. The zero-order chi connectivity index (χ0) is 16.1. The molecule has 120 valence electrons. The molecule has 4 nitrogen and oxygen atoms in total. The lowest BCUT2D eigenvalue weighted by Crippen LogP contribution is -2.33. The van der Waals surface area contributed by atoms with Crippen molar-refractivity contribution >= 4 is 16.8 Å². The van der Waals surface area contributed by atoms with Crippen LogP contribution in [0.1, 0.15) is 31.1 Å². The number of aromatic amines is 1. The molecular weight excluding hydrogens is 288 g/mol. The average Bonchev–Trinajstić information content (AvgIpc) is 3.21. The summed E-state index contributed by atoms with van der Waals surface area (Å²) in [4.78, 5) is 15.3. The molecule has 0 saturated carbocycles. The molecule has 2 heterocycles. The summed E-state index contributed by atoms with van der Waals surface area (Å²) in [6.45, 7) is 2.03. The molecule has 0 spiro atoms. The van der Waals surface area contributed by atoms with E-state index in [1.807, 2.05) is 37.4 Å². The zero-order valence-corrected chi connectivity index (χ0v) is 13.3. The maximum atomic E-state index is 12.1. The monoisotopic (exact) mass is 310 g/mol. The van der Waals surface area contributed by atoms with E-state index in [1.54, 1.807) is 6.26 Å². The van der Waals surface area contributed by atoms with Gasteiger partial charge in [-0.25, -0.2) is 0 Å². The Balaban J connectivity index is 1.45. The summed E-state index contributed by atoms with van der Waals surface area (Å²) in [5.74, 6) is 1.06. The normalized spacial score (nSPS) is 12.4. The van der Waals surface area contributed by atoms with Crippen LogP contribution in [0.15, 0.2) is 53.3 Å². The van der Waals surface area contributed by atoms with E-state index in [4.69, 9.17) is 4.42 Å². The van der Waals surface area contributed by atoms with E-state index in [2.05, 4.69) is 22.4 Å². The summed E-state index contributed by atoms with van der Waals surface area (Å²) in [5.41, 5.74) is 2.31. The van der Waals surface area contributed by atoms with Crippen molar-refractivity contribution in [2.75, 3.05) is 0 Å².